The summed E-state index contributed by atoms with van der Waals surface area (Å²) in [6.07, 6.45) is 0. The van der Waals surface area contributed by atoms with Crippen molar-refractivity contribution in [3.63, 3.8) is 0 Å². The molecule has 0 bridgehead atoms. The van der Waals surface area contributed by atoms with Crippen LogP contribution in [0.2, 0.25) is 0 Å². The molecule has 4 rings (SSSR count). The molecule has 0 aromatic heterocycles. The fourth-order valence-corrected chi connectivity index (χ4v) is 8.03. The summed E-state index contributed by atoms with van der Waals surface area (Å²) < 4.78 is 157. The first-order chi connectivity index (χ1) is 20.5. The van der Waals surface area contributed by atoms with Gasteiger partial charge in [-0.3, -0.25) is 33.2 Å². The van der Waals surface area contributed by atoms with Gasteiger partial charge in [-0.05, 0) is 53.9 Å². The standard InChI is InChI=1S/C22H17N3O15S5/c26-25(27)15-4-2-6-17(10-15)41(28,29)23-14-3-1-5-16(9-14)42(30,31)24-20-11-18(43(32,33)34)7-13-8-19(44(35,36)37)12-21(22(13)20)45(38,39)40/h1-12,23-24H,(H,32,33,34)(H,35,36,37)(H,38,39,40). The highest BCUT2D eigenvalue weighted by atomic mass is 32.2. The molecule has 0 unspecified atom stereocenters. The van der Waals surface area contributed by atoms with Gasteiger partial charge in [0, 0.05) is 17.5 Å². The molecule has 0 saturated carbocycles. The van der Waals surface area contributed by atoms with Gasteiger partial charge >= 0.3 is 0 Å². The number of fused-ring (bicyclic) bond motifs is 1. The summed E-state index contributed by atoms with van der Waals surface area (Å²) in [5.41, 5.74) is -1.85. The topological polar surface area (TPSA) is 299 Å². The van der Waals surface area contributed by atoms with Gasteiger partial charge in [-0.15, -0.1) is 0 Å². The van der Waals surface area contributed by atoms with E-state index in [9.17, 15) is 65.9 Å². The van der Waals surface area contributed by atoms with E-state index in [2.05, 4.69) is 0 Å². The molecule has 18 nitrogen and oxygen atoms in total. The number of anilines is 2. The van der Waals surface area contributed by atoms with Crippen LogP contribution in [0, 0.1) is 10.1 Å². The maximum Gasteiger partial charge on any atom is 0.295 e. The zero-order valence-corrected chi connectivity index (χ0v) is 25.7. The molecule has 0 aliphatic heterocycles. The molecule has 0 aliphatic carbocycles. The van der Waals surface area contributed by atoms with Crippen molar-refractivity contribution in [1.29, 1.82) is 0 Å². The summed E-state index contributed by atoms with van der Waals surface area (Å²) in [5, 5.41) is 9.54. The van der Waals surface area contributed by atoms with Crippen LogP contribution in [-0.4, -0.2) is 60.7 Å². The van der Waals surface area contributed by atoms with Crippen molar-refractivity contribution in [2.24, 2.45) is 0 Å². The Labute approximate surface area is 254 Å². The van der Waals surface area contributed by atoms with Gasteiger partial charge in [0.15, 0.2) is 0 Å². The molecule has 5 N–H and O–H groups in total. The van der Waals surface area contributed by atoms with E-state index in [1.165, 1.54) is 0 Å². The predicted octanol–water partition coefficient (Wildman–Crippen LogP) is 2.09. The lowest BCUT2D eigenvalue weighted by Gasteiger charge is -2.16. The minimum absolute atomic E-state index is 0.265. The molecule has 0 amide bonds. The molecule has 0 saturated heterocycles. The first-order valence-corrected chi connectivity index (χ1v) is 18.7. The number of hydrogen-bond acceptors (Lipinski definition) is 12. The number of sulfonamides is 2. The number of hydrogen-bond donors (Lipinski definition) is 5. The molecule has 4 aromatic carbocycles. The van der Waals surface area contributed by atoms with E-state index in [-0.39, 0.29) is 11.8 Å². The van der Waals surface area contributed by atoms with Gasteiger partial charge in [0.2, 0.25) is 0 Å². The second-order valence-corrected chi connectivity index (χ2v) is 16.5. The number of nitro benzene ring substituents is 1. The van der Waals surface area contributed by atoms with Crippen LogP contribution in [0.1, 0.15) is 0 Å². The number of nitro groups is 1. The van der Waals surface area contributed by atoms with Gasteiger partial charge in [-0.1, -0.05) is 12.1 Å². The zero-order valence-electron chi connectivity index (χ0n) is 21.7. The third-order valence-electron chi connectivity index (χ3n) is 5.81. The van der Waals surface area contributed by atoms with Gasteiger partial charge < -0.3 is 0 Å². The van der Waals surface area contributed by atoms with Crippen LogP contribution in [0.5, 0.6) is 0 Å². The lowest BCUT2D eigenvalue weighted by Crippen LogP contribution is -2.16. The highest BCUT2D eigenvalue weighted by Crippen LogP contribution is 2.36. The van der Waals surface area contributed by atoms with E-state index < -0.39 is 102 Å². The molecule has 23 heteroatoms. The summed E-state index contributed by atoms with van der Waals surface area (Å²) in [4.78, 5) is 5.43. The Balaban J connectivity index is 1.87. The molecule has 0 radical (unpaired) electrons. The monoisotopic (exact) mass is 723 g/mol. The van der Waals surface area contributed by atoms with Gasteiger partial charge in [-0.25, -0.2) is 16.8 Å². The fraction of sp³-hybridized carbons (Fsp3) is 0. The number of benzene rings is 4. The van der Waals surface area contributed by atoms with Gasteiger partial charge in [0.1, 0.15) is 4.90 Å². The van der Waals surface area contributed by atoms with Crippen LogP contribution in [0.25, 0.3) is 10.8 Å². The minimum atomic E-state index is -5.41. The van der Waals surface area contributed by atoms with E-state index in [0.29, 0.717) is 18.2 Å². The average molecular weight is 724 g/mol. The predicted molar refractivity (Wildman–Crippen MR) is 155 cm³/mol. The van der Waals surface area contributed by atoms with Gasteiger partial charge in [-0.2, -0.15) is 25.3 Å². The third-order valence-corrected chi connectivity index (χ3v) is 11.1. The quantitative estimate of drug-likeness (QED) is 0.0889. The normalized spacial score (nSPS) is 13.0. The highest BCUT2D eigenvalue weighted by molar-refractivity contribution is 7.93. The molecular formula is C22H17N3O15S5. The molecule has 4 aromatic rings. The Bertz CT molecular complexity index is 2460. The second-order valence-electron chi connectivity index (χ2n) is 8.91. The van der Waals surface area contributed by atoms with Crippen molar-refractivity contribution in [3.8, 4) is 0 Å². The van der Waals surface area contributed by atoms with E-state index in [4.69, 9.17) is 0 Å². The van der Waals surface area contributed by atoms with Gasteiger partial charge in [0.25, 0.3) is 56.1 Å². The van der Waals surface area contributed by atoms with Crippen LogP contribution in [0.4, 0.5) is 17.1 Å². The van der Waals surface area contributed by atoms with Crippen molar-refractivity contribution >= 4 is 78.2 Å². The molecule has 240 valence electrons. The van der Waals surface area contributed by atoms with Crippen LogP contribution in [0.3, 0.4) is 0 Å². The number of nitrogens with one attached hydrogen (secondary N) is 2. The van der Waals surface area contributed by atoms with Crippen molar-refractivity contribution in [3.05, 3.63) is 82.9 Å². The molecule has 0 fully saturated rings. The Morgan fingerprint density at radius 1 is 0.578 bits per heavy atom. The summed E-state index contributed by atoms with van der Waals surface area (Å²) in [5.74, 6) is 0. The fourth-order valence-electron chi connectivity index (χ4n) is 3.91. The second kappa shape index (κ2) is 11.3. The Hall–Kier alpha value is -4.23. The van der Waals surface area contributed by atoms with E-state index in [0.717, 1.165) is 48.5 Å². The van der Waals surface area contributed by atoms with Crippen molar-refractivity contribution in [2.45, 2.75) is 24.5 Å². The number of nitrogens with zero attached hydrogens (tertiary/aromatic N) is 1. The first-order valence-electron chi connectivity index (χ1n) is 11.4. The Morgan fingerprint density at radius 3 is 1.62 bits per heavy atom. The molecule has 0 heterocycles. The SMILES string of the molecule is O=[N+]([O-])c1cccc(S(=O)(=O)Nc2cccc(S(=O)(=O)Nc3cc(S(=O)(=O)O)cc4cc(S(=O)(=O)O)cc(S(=O)(=O)O)c34)c2)c1. The van der Waals surface area contributed by atoms with Crippen LogP contribution in [-0.2, 0) is 50.4 Å². The largest absolute Gasteiger partial charge is 0.295 e. The van der Waals surface area contributed by atoms with E-state index >= 15 is 0 Å². The van der Waals surface area contributed by atoms with Crippen molar-refractivity contribution in [2.75, 3.05) is 9.44 Å². The van der Waals surface area contributed by atoms with Crippen LogP contribution in [0.15, 0.2) is 97.3 Å². The Morgan fingerprint density at radius 2 is 1.09 bits per heavy atom. The molecular weight excluding hydrogens is 707 g/mol. The maximum absolute atomic E-state index is 13.4. The summed E-state index contributed by atoms with van der Waals surface area (Å²) in [7, 11) is -25.2. The number of non-ortho nitro benzene ring substituents is 1. The van der Waals surface area contributed by atoms with Crippen molar-refractivity contribution in [1.82, 2.24) is 0 Å². The summed E-state index contributed by atoms with van der Waals surface area (Å²) in [6.45, 7) is 0. The van der Waals surface area contributed by atoms with Crippen LogP contribution < -0.4 is 9.44 Å². The van der Waals surface area contributed by atoms with E-state index in [1.807, 2.05) is 9.44 Å². The number of rotatable bonds is 10. The van der Waals surface area contributed by atoms with Crippen LogP contribution >= 0.6 is 0 Å². The smallest absolute Gasteiger partial charge is 0.282 e. The summed E-state index contributed by atoms with van der Waals surface area (Å²) in [6, 6.07) is 9.58. The minimum Gasteiger partial charge on any atom is -0.282 e. The lowest BCUT2D eigenvalue weighted by atomic mass is 10.1. The molecule has 0 spiro atoms. The first kappa shape index (κ1) is 33.7. The van der Waals surface area contributed by atoms with E-state index in [1.54, 1.807) is 0 Å². The third kappa shape index (κ3) is 7.36. The lowest BCUT2D eigenvalue weighted by molar-refractivity contribution is -0.385. The Kier molecular flexibility index (Phi) is 8.44. The molecule has 0 aliphatic rings. The van der Waals surface area contributed by atoms with Gasteiger partial charge in [0.05, 0.1) is 35.9 Å². The molecule has 0 atom stereocenters. The highest BCUT2D eigenvalue weighted by Gasteiger charge is 2.27. The maximum atomic E-state index is 13.4. The molecule has 45 heavy (non-hydrogen) atoms. The van der Waals surface area contributed by atoms with Crippen molar-refractivity contribution < 1.29 is 60.7 Å². The zero-order chi connectivity index (χ0) is 33.8. The summed E-state index contributed by atoms with van der Waals surface area (Å²) >= 11 is 0. The average Bonchev–Trinajstić information content (AvgIpc) is 2.90.